The lowest BCUT2D eigenvalue weighted by atomic mass is 10.1. The third-order valence-electron chi connectivity index (χ3n) is 1.50. The van der Waals surface area contributed by atoms with Gasteiger partial charge in [-0.25, -0.2) is 0 Å². The molecule has 2 heteroatoms. The molecule has 0 N–H and O–H groups in total. The first-order valence-corrected chi connectivity index (χ1v) is 4.12. The number of ether oxygens (including phenoxy) is 1. The van der Waals surface area contributed by atoms with Gasteiger partial charge >= 0.3 is 0 Å². The lowest BCUT2D eigenvalue weighted by molar-refractivity contribution is 0.240. The van der Waals surface area contributed by atoms with E-state index in [-0.39, 0.29) is 0 Å². The zero-order valence-corrected chi connectivity index (χ0v) is 6.54. The summed E-state index contributed by atoms with van der Waals surface area (Å²) in [6, 6.07) is 0. The van der Waals surface area contributed by atoms with Crippen molar-refractivity contribution in [3.63, 3.8) is 0 Å². The van der Waals surface area contributed by atoms with E-state index in [9.17, 15) is 0 Å². The molecule has 0 aromatic heterocycles. The summed E-state index contributed by atoms with van der Waals surface area (Å²) in [6.07, 6.45) is 2.67. The summed E-state index contributed by atoms with van der Waals surface area (Å²) in [5.74, 6) is 1.30. The number of rotatable bonds is 4. The second-order valence-corrected chi connectivity index (χ2v) is 4.09. The molecular formula is C7H12OS. The molecule has 1 nitrogen and oxygen atoms in total. The SMILES string of the molecule is C=COCCC1(C)CS1. The summed E-state index contributed by atoms with van der Waals surface area (Å²) in [4.78, 5) is 0. The Hall–Kier alpha value is -0.110. The van der Waals surface area contributed by atoms with Gasteiger partial charge in [-0.3, -0.25) is 0 Å². The molecule has 9 heavy (non-hydrogen) atoms. The van der Waals surface area contributed by atoms with Crippen LogP contribution < -0.4 is 0 Å². The van der Waals surface area contributed by atoms with Crippen molar-refractivity contribution in [3.8, 4) is 0 Å². The second-order valence-electron chi connectivity index (χ2n) is 2.53. The molecule has 52 valence electrons. The van der Waals surface area contributed by atoms with Crippen molar-refractivity contribution in [1.29, 1.82) is 0 Å². The fourth-order valence-corrected chi connectivity index (χ4v) is 1.24. The van der Waals surface area contributed by atoms with E-state index in [2.05, 4.69) is 13.5 Å². The summed E-state index contributed by atoms with van der Waals surface area (Å²) in [5.41, 5.74) is 0. The van der Waals surface area contributed by atoms with Gasteiger partial charge in [0.05, 0.1) is 12.9 Å². The van der Waals surface area contributed by atoms with Crippen LogP contribution in [-0.2, 0) is 4.74 Å². The van der Waals surface area contributed by atoms with E-state index in [0.717, 1.165) is 13.0 Å². The maximum absolute atomic E-state index is 5.00. The fraction of sp³-hybridized carbons (Fsp3) is 0.714. The summed E-state index contributed by atoms with van der Waals surface area (Å²) < 4.78 is 5.54. The van der Waals surface area contributed by atoms with Crippen molar-refractivity contribution >= 4 is 11.8 Å². The third kappa shape index (κ3) is 2.31. The summed E-state index contributed by atoms with van der Waals surface area (Å²) >= 11 is 2.01. The van der Waals surface area contributed by atoms with Crippen molar-refractivity contribution in [2.45, 2.75) is 18.1 Å². The Morgan fingerprint density at radius 1 is 1.89 bits per heavy atom. The lowest BCUT2D eigenvalue weighted by Gasteiger charge is -2.03. The van der Waals surface area contributed by atoms with Gasteiger partial charge in [0, 0.05) is 10.5 Å². The molecule has 0 aromatic carbocycles. The summed E-state index contributed by atoms with van der Waals surface area (Å²) in [7, 11) is 0. The topological polar surface area (TPSA) is 9.23 Å². The molecule has 0 radical (unpaired) electrons. The van der Waals surface area contributed by atoms with Crippen LogP contribution in [-0.4, -0.2) is 17.1 Å². The lowest BCUT2D eigenvalue weighted by Crippen LogP contribution is -2.05. The van der Waals surface area contributed by atoms with Crippen LogP contribution in [0, 0.1) is 0 Å². The van der Waals surface area contributed by atoms with Gasteiger partial charge in [-0.2, -0.15) is 11.8 Å². The van der Waals surface area contributed by atoms with E-state index in [0.29, 0.717) is 4.75 Å². The smallest absolute Gasteiger partial charge is 0.0886 e. The molecular weight excluding hydrogens is 132 g/mol. The van der Waals surface area contributed by atoms with Gasteiger partial charge < -0.3 is 4.74 Å². The van der Waals surface area contributed by atoms with Crippen LogP contribution >= 0.6 is 11.8 Å². The average Bonchev–Trinajstić information content (AvgIpc) is 2.50. The van der Waals surface area contributed by atoms with E-state index in [4.69, 9.17) is 4.74 Å². The fourth-order valence-electron chi connectivity index (χ4n) is 0.626. The largest absolute Gasteiger partial charge is 0.502 e. The van der Waals surface area contributed by atoms with Crippen LogP contribution in [0.2, 0.25) is 0 Å². The minimum Gasteiger partial charge on any atom is -0.502 e. The summed E-state index contributed by atoms with van der Waals surface area (Å²) in [5, 5.41) is 0. The van der Waals surface area contributed by atoms with Gasteiger partial charge in [-0.1, -0.05) is 6.58 Å². The van der Waals surface area contributed by atoms with Crippen molar-refractivity contribution < 1.29 is 4.74 Å². The van der Waals surface area contributed by atoms with Gasteiger partial charge in [-0.05, 0) is 13.3 Å². The van der Waals surface area contributed by atoms with E-state index < -0.39 is 0 Å². The van der Waals surface area contributed by atoms with Crippen LogP contribution in [0.4, 0.5) is 0 Å². The van der Waals surface area contributed by atoms with Gasteiger partial charge in [0.1, 0.15) is 0 Å². The Kier molecular flexibility index (Phi) is 2.06. The van der Waals surface area contributed by atoms with Gasteiger partial charge in [0.25, 0.3) is 0 Å². The molecule has 1 atom stereocenters. The Morgan fingerprint density at radius 3 is 3.00 bits per heavy atom. The van der Waals surface area contributed by atoms with Crippen LogP contribution in [0.5, 0.6) is 0 Å². The van der Waals surface area contributed by atoms with Crippen molar-refractivity contribution in [1.82, 2.24) is 0 Å². The number of hydrogen-bond donors (Lipinski definition) is 0. The average molecular weight is 144 g/mol. The highest BCUT2D eigenvalue weighted by Crippen LogP contribution is 2.46. The predicted molar refractivity (Wildman–Crippen MR) is 41.6 cm³/mol. The van der Waals surface area contributed by atoms with Crippen LogP contribution in [0.1, 0.15) is 13.3 Å². The molecule has 1 aliphatic rings. The number of thioether (sulfide) groups is 1. The predicted octanol–water partition coefficient (Wildman–Crippen LogP) is 2.04. The summed E-state index contributed by atoms with van der Waals surface area (Å²) in [6.45, 7) is 6.57. The van der Waals surface area contributed by atoms with Crippen molar-refractivity contribution in [2.75, 3.05) is 12.4 Å². The van der Waals surface area contributed by atoms with Gasteiger partial charge in [0.2, 0.25) is 0 Å². The van der Waals surface area contributed by atoms with Gasteiger partial charge in [-0.15, -0.1) is 0 Å². The molecule has 0 amide bonds. The minimum atomic E-state index is 0.545. The molecule has 1 saturated heterocycles. The highest BCUT2D eigenvalue weighted by atomic mass is 32.2. The Labute approximate surface area is 60.5 Å². The molecule has 0 saturated carbocycles. The monoisotopic (exact) mass is 144 g/mol. The molecule has 1 unspecified atom stereocenters. The highest BCUT2D eigenvalue weighted by Gasteiger charge is 2.37. The molecule has 0 bridgehead atoms. The Morgan fingerprint density at radius 2 is 2.56 bits per heavy atom. The standard InChI is InChI=1S/C7H12OS/c1-3-8-5-4-7(2)6-9-7/h3H,1,4-6H2,2H3. The van der Waals surface area contributed by atoms with Crippen LogP contribution in [0.15, 0.2) is 12.8 Å². The van der Waals surface area contributed by atoms with E-state index in [1.807, 2.05) is 11.8 Å². The number of hydrogen-bond acceptors (Lipinski definition) is 2. The Bertz CT molecular complexity index is 107. The molecule has 0 spiro atoms. The zero-order valence-electron chi connectivity index (χ0n) is 5.72. The Balaban J connectivity index is 1.98. The molecule has 0 aromatic rings. The first kappa shape index (κ1) is 7.00. The van der Waals surface area contributed by atoms with Crippen LogP contribution in [0.3, 0.4) is 0 Å². The molecule has 1 heterocycles. The second kappa shape index (κ2) is 2.65. The zero-order chi connectivity index (χ0) is 6.74. The third-order valence-corrected chi connectivity index (χ3v) is 2.98. The first-order chi connectivity index (χ1) is 4.27. The van der Waals surface area contributed by atoms with E-state index in [1.54, 1.807) is 0 Å². The van der Waals surface area contributed by atoms with Crippen molar-refractivity contribution in [2.24, 2.45) is 0 Å². The normalized spacial score (nSPS) is 31.7. The minimum absolute atomic E-state index is 0.545. The maximum atomic E-state index is 5.00. The molecule has 1 fully saturated rings. The van der Waals surface area contributed by atoms with E-state index >= 15 is 0 Å². The van der Waals surface area contributed by atoms with Crippen molar-refractivity contribution in [3.05, 3.63) is 12.8 Å². The van der Waals surface area contributed by atoms with Gasteiger partial charge in [0.15, 0.2) is 0 Å². The molecule has 0 aliphatic carbocycles. The quantitative estimate of drug-likeness (QED) is 0.339. The maximum Gasteiger partial charge on any atom is 0.0886 e. The highest BCUT2D eigenvalue weighted by molar-refractivity contribution is 8.07. The molecule has 1 rings (SSSR count). The first-order valence-electron chi connectivity index (χ1n) is 3.13. The molecule has 1 aliphatic heterocycles. The van der Waals surface area contributed by atoms with Crippen LogP contribution in [0.25, 0.3) is 0 Å². The van der Waals surface area contributed by atoms with E-state index in [1.165, 1.54) is 12.0 Å².